The van der Waals surface area contributed by atoms with Crippen LogP contribution in [0, 0.1) is 13.8 Å². The number of aliphatic imine (C=N–C) groups is 1. The zero-order valence-corrected chi connectivity index (χ0v) is 20.0. The van der Waals surface area contributed by atoms with Gasteiger partial charge >= 0.3 is 0 Å². The predicted octanol–water partition coefficient (Wildman–Crippen LogP) is 3.69. The van der Waals surface area contributed by atoms with Crippen molar-refractivity contribution in [2.24, 2.45) is 4.99 Å². The van der Waals surface area contributed by atoms with Gasteiger partial charge in [0, 0.05) is 35.9 Å². The smallest absolute Gasteiger partial charge is 0.191 e. The first kappa shape index (κ1) is 24.2. The molecule has 2 heterocycles. The molecule has 0 atom stereocenters. The number of aryl methyl sites for hydroxylation is 3. The Kier molecular flexibility index (Phi) is 10.3. The van der Waals surface area contributed by atoms with E-state index in [0.29, 0.717) is 13.1 Å². The summed E-state index contributed by atoms with van der Waals surface area (Å²) in [6.45, 7) is 12.1. The van der Waals surface area contributed by atoms with Gasteiger partial charge in [0.15, 0.2) is 5.96 Å². The molecule has 0 amide bonds. The number of ether oxygens (including phenoxy) is 1. The van der Waals surface area contributed by atoms with Crippen LogP contribution in [0.4, 0.5) is 0 Å². The van der Waals surface area contributed by atoms with Gasteiger partial charge in [-0.3, -0.25) is 4.98 Å². The number of methoxy groups -OCH3 is 1. The lowest BCUT2D eigenvalue weighted by Crippen LogP contribution is -2.37. The van der Waals surface area contributed by atoms with Crippen molar-refractivity contribution >= 4 is 29.9 Å². The van der Waals surface area contributed by atoms with E-state index in [9.17, 15) is 0 Å². The molecule has 156 valence electrons. The lowest BCUT2D eigenvalue weighted by Gasteiger charge is -2.15. The average Bonchev–Trinajstić information content (AvgIpc) is 3.07. The second kappa shape index (κ2) is 11.9. The highest BCUT2D eigenvalue weighted by Gasteiger charge is 2.14. The molecule has 2 N–H and O–H groups in total. The molecule has 0 aliphatic rings. The molecule has 0 aliphatic heterocycles. The highest BCUT2D eigenvalue weighted by Crippen LogP contribution is 2.23. The maximum atomic E-state index is 5.49. The number of nitrogens with zero attached hydrogens (tertiary/aromatic N) is 3. The van der Waals surface area contributed by atoms with Gasteiger partial charge in [-0.05, 0) is 27.2 Å². The van der Waals surface area contributed by atoms with Crippen molar-refractivity contribution in [3.05, 3.63) is 40.0 Å². The van der Waals surface area contributed by atoms with Crippen LogP contribution in [0.5, 0.6) is 5.75 Å². The maximum absolute atomic E-state index is 5.49. The Bertz CT molecular complexity index is 768. The van der Waals surface area contributed by atoms with Gasteiger partial charge < -0.3 is 19.9 Å². The third-order valence-electron chi connectivity index (χ3n) is 4.52. The first-order chi connectivity index (χ1) is 13.0. The number of rotatable bonds is 8. The number of guanidine groups is 1. The van der Waals surface area contributed by atoms with E-state index in [1.54, 1.807) is 7.11 Å². The van der Waals surface area contributed by atoms with Crippen molar-refractivity contribution in [3.63, 3.8) is 0 Å². The minimum atomic E-state index is 0. The fourth-order valence-electron chi connectivity index (χ4n) is 3.03. The zero-order valence-electron chi connectivity index (χ0n) is 17.7. The Morgan fingerprint density at radius 2 is 1.89 bits per heavy atom. The first-order valence-corrected chi connectivity index (χ1v) is 9.53. The van der Waals surface area contributed by atoms with Gasteiger partial charge in [0.25, 0.3) is 0 Å². The largest absolute Gasteiger partial charge is 0.496 e. The van der Waals surface area contributed by atoms with Gasteiger partial charge in [0.1, 0.15) is 11.5 Å². The minimum absolute atomic E-state index is 0. The van der Waals surface area contributed by atoms with E-state index in [-0.39, 0.29) is 24.0 Å². The summed E-state index contributed by atoms with van der Waals surface area (Å²) in [6.07, 6.45) is 3.49. The number of hydrogen-bond donors (Lipinski definition) is 2. The summed E-state index contributed by atoms with van der Waals surface area (Å²) in [5.74, 6) is 2.53. The normalized spacial score (nSPS) is 11.1. The molecule has 2 rings (SSSR count). The van der Waals surface area contributed by atoms with Gasteiger partial charge in [-0.2, -0.15) is 0 Å². The Morgan fingerprint density at radius 1 is 1.14 bits per heavy atom. The van der Waals surface area contributed by atoms with Crippen LogP contribution in [0.1, 0.15) is 54.6 Å². The zero-order chi connectivity index (χ0) is 19.8. The van der Waals surface area contributed by atoms with Crippen LogP contribution < -0.4 is 15.4 Å². The van der Waals surface area contributed by atoms with E-state index in [2.05, 4.69) is 34.6 Å². The Hall–Kier alpha value is -1.84. The monoisotopic (exact) mass is 501 g/mol. The summed E-state index contributed by atoms with van der Waals surface area (Å²) in [6, 6.07) is 0. The molecule has 0 unspecified atom stereocenters. The summed E-state index contributed by atoms with van der Waals surface area (Å²) in [5.41, 5.74) is 5.08. The molecule has 2 aromatic rings. The highest BCUT2D eigenvalue weighted by atomic mass is 127. The molecule has 0 saturated heterocycles. The van der Waals surface area contributed by atoms with Crippen molar-refractivity contribution in [2.75, 3.05) is 13.7 Å². The van der Waals surface area contributed by atoms with E-state index < -0.39 is 0 Å². The lowest BCUT2D eigenvalue weighted by molar-refractivity contribution is 0.380. The van der Waals surface area contributed by atoms with Crippen LogP contribution in [0.25, 0.3) is 0 Å². The van der Waals surface area contributed by atoms with Gasteiger partial charge in [-0.15, -0.1) is 24.0 Å². The maximum Gasteiger partial charge on any atom is 0.191 e. The number of nitrogens with one attached hydrogen (secondary N) is 2. The van der Waals surface area contributed by atoms with Crippen LogP contribution in [-0.4, -0.2) is 29.8 Å². The summed E-state index contributed by atoms with van der Waals surface area (Å²) in [7, 11) is 1.69. The molecular formula is C20H32IN5O2. The molecule has 0 fully saturated rings. The van der Waals surface area contributed by atoms with Crippen molar-refractivity contribution in [1.29, 1.82) is 0 Å². The Morgan fingerprint density at radius 3 is 2.50 bits per heavy atom. The molecule has 2 aromatic heterocycles. The predicted molar refractivity (Wildman–Crippen MR) is 123 cm³/mol. The topological polar surface area (TPSA) is 84.6 Å². The molecule has 0 bridgehead atoms. The van der Waals surface area contributed by atoms with Crippen molar-refractivity contribution in [3.8, 4) is 5.75 Å². The molecule has 28 heavy (non-hydrogen) atoms. The van der Waals surface area contributed by atoms with Crippen molar-refractivity contribution in [2.45, 2.75) is 60.5 Å². The van der Waals surface area contributed by atoms with E-state index in [0.717, 1.165) is 64.9 Å². The standard InChI is InChI=1S/C20H31N5O2.HI/c1-7-16-15(18(8-2)27-25-16)11-23-20(21-9-3)24-12-17-14(5)19(26-6)13(4)10-22-17;/h10H,7-9,11-12H2,1-6H3,(H2,21,23,24);1H. The molecule has 0 aliphatic carbocycles. The van der Waals surface area contributed by atoms with Gasteiger partial charge in [0.05, 0.1) is 31.6 Å². The minimum Gasteiger partial charge on any atom is -0.496 e. The summed E-state index contributed by atoms with van der Waals surface area (Å²) in [5, 5.41) is 10.8. The second-order valence-corrected chi connectivity index (χ2v) is 6.33. The van der Waals surface area contributed by atoms with Gasteiger partial charge in [-0.1, -0.05) is 19.0 Å². The number of aromatic nitrogens is 2. The molecule has 8 heteroatoms. The molecule has 0 aromatic carbocycles. The Balaban J connectivity index is 0.00000392. The highest BCUT2D eigenvalue weighted by molar-refractivity contribution is 14.0. The quantitative estimate of drug-likeness (QED) is 0.326. The molecular weight excluding hydrogens is 469 g/mol. The summed E-state index contributed by atoms with van der Waals surface area (Å²) in [4.78, 5) is 9.25. The van der Waals surface area contributed by atoms with Crippen molar-refractivity contribution in [1.82, 2.24) is 20.8 Å². The fourth-order valence-corrected chi connectivity index (χ4v) is 3.03. The van der Waals surface area contributed by atoms with Crippen LogP contribution in [0.2, 0.25) is 0 Å². The lowest BCUT2D eigenvalue weighted by atomic mass is 10.1. The molecule has 0 spiro atoms. The number of hydrogen-bond acceptors (Lipinski definition) is 5. The van der Waals surface area contributed by atoms with E-state index >= 15 is 0 Å². The van der Waals surface area contributed by atoms with E-state index in [1.807, 2.05) is 27.0 Å². The van der Waals surface area contributed by atoms with Crippen LogP contribution in [0.15, 0.2) is 15.7 Å². The first-order valence-electron chi connectivity index (χ1n) is 9.53. The van der Waals surface area contributed by atoms with Crippen LogP contribution >= 0.6 is 24.0 Å². The summed E-state index contributed by atoms with van der Waals surface area (Å²) >= 11 is 0. The number of pyridine rings is 1. The summed E-state index contributed by atoms with van der Waals surface area (Å²) < 4.78 is 10.9. The van der Waals surface area contributed by atoms with Gasteiger partial charge in [0.2, 0.25) is 0 Å². The SMILES string of the molecule is CCNC(=NCc1c(CC)noc1CC)NCc1ncc(C)c(OC)c1C.I. The van der Waals surface area contributed by atoms with Crippen molar-refractivity contribution < 1.29 is 9.26 Å². The molecule has 7 nitrogen and oxygen atoms in total. The fraction of sp³-hybridized carbons (Fsp3) is 0.550. The Labute approximate surface area is 184 Å². The second-order valence-electron chi connectivity index (χ2n) is 6.33. The van der Waals surface area contributed by atoms with Gasteiger partial charge in [-0.25, -0.2) is 4.99 Å². The van der Waals surface area contributed by atoms with E-state index in [4.69, 9.17) is 14.3 Å². The van der Waals surface area contributed by atoms with E-state index in [1.165, 1.54) is 0 Å². The average molecular weight is 501 g/mol. The molecule has 0 radical (unpaired) electrons. The third kappa shape index (κ3) is 5.83. The molecule has 0 saturated carbocycles. The van der Waals surface area contributed by atoms with Crippen LogP contribution in [-0.2, 0) is 25.9 Å². The van der Waals surface area contributed by atoms with Crippen LogP contribution in [0.3, 0.4) is 0 Å². The third-order valence-corrected chi connectivity index (χ3v) is 4.52. The number of halogens is 1.